The lowest BCUT2D eigenvalue weighted by Crippen LogP contribution is -2.46. The number of amides is 2. The first-order valence-corrected chi connectivity index (χ1v) is 12.9. The number of hydrogen-bond donors (Lipinski definition) is 0. The number of furan rings is 1. The molecule has 0 bridgehead atoms. The zero-order chi connectivity index (χ0) is 25.5. The molecule has 1 aliphatic heterocycles. The van der Waals surface area contributed by atoms with E-state index in [9.17, 15) is 9.59 Å². The van der Waals surface area contributed by atoms with Crippen molar-refractivity contribution in [1.29, 1.82) is 0 Å². The van der Waals surface area contributed by atoms with Gasteiger partial charge in [0.2, 0.25) is 5.91 Å². The summed E-state index contributed by atoms with van der Waals surface area (Å²) in [6.07, 6.45) is 2.38. The topological polar surface area (TPSA) is 63.0 Å². The SMILES string of the molecule is Cc1ccc(CN(CCc2ccccc2)C(=O)CN(C[C@@H]2CCCO2)C(=O)c2ccc(Cl)c(Cl)c2)o1. The highest BCUT2D eigenvalue weighted by Gasteiger charge is 2.27. The molecule has 2 heterocycles. The average Bonchev–Trinajstić information content (AvgIpc) is 3.54. The first kappa shape index (κ1) is 26.3. The minimum atomic E-state index is -0.283. The van der Waals surface area contributed by atoms with E-state index in [1.165, 1.54) is 6.07 Å². The van der Waals surface area contributed by atoms with Crippen molar-refractivity contribution in [2.45, 2.75) is 38.8 Å². The molecular formula is C28H30Cl2N2O4. The zero-order valence-electron chi connectivity index (χ0n) is 20.3. The van der Waals surface area contributed by atoms with Crippen LogP contribution in [0.3, 0.4) is 0 Å². The number of nitrogens with zero attached hydrogens (tertiary/aromatic N) is 2. The first-order chi connectivity index (χ1) is 17.4. The highest BCUT2D eigenvalue weighted by atomic mass is 35.5. The molecule has 0 aliphatic carbocycles. The summed E-state index contributed by atoms with van der Waals surface area (Å²) in [4.78, 5) is 30.4. The van der Waals surface area contributed by atoms with Crippen molar-refractivity contribution in [2.75, 3.05) is 26.2 Å². The molecule has 1 atom stereocenters. The molecule has 0 spiro atoms. The third-order valence-corrected chi connectivity index (χ3v) is 6.98. The van der Waals surface area contributed by atoms with Crippen LogP contribution in [0.25, 0.3) is 0 Å². The van der Waals surface area contributed by atoms with Gasteiger partial charge in [-0.25, -0.2) is 0 Å². The number of benzene rings is 2. The Balaban J connectivity index is 1.53. The Labute approximate surface area is 221 Å². The molecule has 3 aromatic rings. The van der Waals surface area contributed by atoms with Crippen LogP contribution in [0.4, 0.5) is 0 Å². The Morgan fingerprint density at radius 2 is 1.81 bits per heavy atom. The van der Waals surface area contributed by atoms with E-state index in [0.29, 0.717) is 54.0 Å². The molecule has 2 amide bonds. The molecule has 6 nitrogen and oxygen atoms in total. The van der Waals surface area contributed by atoms with E-state index in [1.807, 2.05) is 49.4 Å². The Morgan fingerprint density at radius 1 is 1.00 bits per heavy atom. The summed E-state index contributed by atoms with van der Waals surface area (Å²) >= 11 is 12.2. The standard InChI is InChI=1S/C28H30Cl2N2O4/c1-20-9-11-24(36-20)18-31(14-13-21-6-3-2-4-7-21)27(33)19-32(17-23-8-5-15-35-23)28(34)22-10-12-25(29)26(30)16-22/h2-4,6-7,9-12,16,23H,5,8,13-15,17-19H2,1H3/t23-/m0/s1. The molecule has 2 aromatic carbocycles. The lowest BCUT2D eigenvalue weighted by molar-refractivity contribution is -0.133. The molecule has 0 unspecified atom stereocenters. The Hall–Kier alpha value is -2.80. The smallest absolute Gasteiger partial charge is 0.254 e. The number of ether oxygens (including phenoxy) is 1. The van der Waals surface area contributed by atoms with Crippen molar-refractivity contribution in [3.05, 3.63) is 93.4 Å². The normalized spacial score (nSPS) is 15.1. The second kappa shape index (κ2) is 12.4. The van der Waals surface area contributed by atoms with Crippen molar-refractivity contribution >= 4 is 35.0 Å². The summed E-state index contributed by atoms with van der Waals surface area (Å²) < 4.78 is 11.5. The quantitative estimate of drug-likeness (QED) is 0.334. The molecular weight excluding hydrogens is 499 g/mol. The van der Waals surface area contributed by atoms with Gasteiger partial charge in [0.05, 0.1) is 22.7 Å². The second-order valence-electron chi connectivity index (χ2n) is 9.01. The maximum Gasteiger partial charge on any atom is 0.254 e. The largest absolute Gasteiger partial charge is 0.464 e. The van der Waals surface area contributed by atoms with Gasteiger partial charge in [0.1, 0.15) is 18.1 Å². The van der Waals surface area contributed by atoms with Crippen molar-refractivity contribution in [3.63, 3.8) is 0 Å². The molecule has 36 heavy (non-hydrogen) atoms. The number of halogens is 2. The third kappa shape index (κ3) is 7.12. The minimum Gasteiger partial charge on any atom is -0.464 e. The van der Waals surface area contributed by atoms with Crippen molar-refractivity contribution in [2.24, 2.45) is 0 Å². The van der Waals surface area contributed by atoms with Crippen LogP contribution in [0.5, 0.6) is 0 Å². The van der Waals surface area contributed by atoms with E-state index in [1.54, 1.807) is 21.9 Å². The van der Waals surface area contributed by atoms with E-state index in [4.69, 9.17) is 32.4 Å². The summed E-state index contributed by atoms with van der Waals surface area (Å²) in [6, 6.07) is 18.5. The molecule has 1 aliphatic rings. The van der Waals surface area contributed by atoms with Gasteiger partial charge in [0, 0.05) is 25.3 Å². The lowest BCUT2D eigenvalue weighted by Gasteiger charge is -2.29. The molecule has 190 valence electrons. The summed E-state index contributed by atoms with van der Waals surface area (Å²) in [7, 11) is 0. The highest BCUT2D eigenvalue weighted by molar-refractivity contribution is 6.42. The van der Waals surface area contributed by atoms with Crippen LogP contribution in [0, 0.1) is 6.92 Å². The van der Waals surface area contributed by atoms with Crippen LogP contribution >= 0.6 is 23.2 Å². The van der Waals surface area contributed by atoms with Gasteiger partial charge < -0.3 is 19.0 Å². The van der Waals surface area contributed by atoms with Crippen LogP contribution in [0.15, 0.2) is 65.1 Å². The Morgan fingerprint density at radius 3 is 2.47 bits per heavy atom. The molecule has 1 saturated heterocycles. The van der Waals surface area contributed by atoms with Crippen LogP contribution in [0.2, 0.25) is 10.0 Å². The van der Waals surface area contributed by atoms with Gasteiger partial charge in [0.15, 0.2) is 0 Å². The Bertz CT molecular complexity index is 1180. The highest BCUT2D eigenvalue weighted by Crippen LogP contribution is 2.24. The van der Waals surface area contributed by atoms with Crippen LogP contribution in [0.1, 0.15) is 40.3 Å². The van der Waals surface area contributed by atoms with E-state index in [0.717, 1.165) is 24.2 Å². The fraction of sp³-hybridized carbons (Fsp3) is 0.357. The molecule has 0 saturated carbocycles. The van der Waals surface area contributed by atoms with Gasteiger partial charge >= 0.3 is 0 Å². The maximum absolute atomic E-state index is 13.6. The van der Waals surface area contributed by atoms with Crippen molar-refractivity contribution in [3.8, 4) is 0 Å². The average molecular weight is 529 g/mol. The monoisotopic (exact) mass is 528 g/mol. The number of carbonyl (C=O) groups excluding carboxylic acids is 2. The van der Waals surface area contributed by atoms with Gasteiger partial charge in [-0.05, 0) is 62.1 Å². The third-order valence-electron chi connectivity index (χ3n) is 6.24. The van der Waals surface area contributed by atoms with Gasteiger partial charge in [-0.15, -0.1) is 0 Å². The molecule has 0 radical (unpaired) electrons. The van der Waals surface area contributed by atoms with E-state index < -0.39 is 0 Å². The molecule has 0 N–H and O–H groups in total. The molecule has 4 rings (SSSR count). The summed E-state index contributed by atoms with van der Waals surface area (Å²) in [5.41, 5.74) is 1.52. The fourth-order valence-corrected chi connectivity index (χ4v) is 4.59. The van der Waals surface area contributed by atoms with E-state index >= 15 is 0 Å². The minimum absolute atomic E-state index is 0.0760. The molecule has 8 heteroatoms. The fourth-order valence-electron chi connectivity index (χ4n) is 4.29. The summed E-state index contributed by atoms with van der Waals surface area (Å²) in [5, 5.41) is 0.666. The van der Waals surface area contributed by atoms with E-state index in [2.05, 4.69) is 0 Å². The van der Waals surface area contributed by atoms with Gasteiger partial charge in [0.25, 0.3) is 5.91 Å². The van der Waals surface area contributed by atoms with Crippen LogP contribution in [-0.2, 0) is 22.5 Å². The first-order valence-electron chi connectivity index (χ1n) is 12.1. The second-order valence-corrected chi connectivity index (χ2v) is 9.83. The number of hydrogen-bond acceptors (Lipinski definition) is 4. The van der Waals surface area contributed by atoms with Gasteiger partial charge in [-0.2, -0.15) is 0 Å². The predicted molar refractivity (Wildman–Crippen MR) is 140 cm³/mol. The summed E-state index contributed by atoms with van der Waals surface area (Å²) in [5.74, 6) is 1.05. The molecule has 1 fully saturated rings. The van der Waals surface area contributed by atoms with Crippen molar-refractivity contribution < 1.29 is 18.7 Å². The predicted octanol–water partition coefficient (Wildman–Crippen LogP) is 5.79. The Kier molecular flexibility index (Phi) is 9.08. The molecule has 1 aromatic heterocycles. The summed E-state index contributed by atoms with van der Waals surface area (Å²) in [6.45, 7) is 3.61. The van der Waals surface area contributed by atoms with Crippen LogP contribution < -0.4 is 0 Å². The van der Waals surface area contributed by atoms with Gasteiger partial charge in [-0.1, -0.05) is 53.5 Å². The maximum atomic E-state index is 13.6. The van der Waals surface area contributed by atoms with Crippen LogP contribution in [-0.4, -0.2) is 54.0 Å². The number of aryl methyl sites for hydroxylation is 1. The number of carbonyl (C=O) groups is 2. The van der Waals surface area contributed by atoms with E-state index in [-0.39, 0.29) is 24.5 Å². The van der Waals surface area contributed by atoms with Gasteiger partial charge in [-0.3, -0.25) is 9.59 Å². The zero-order valence-corrected chi connectivity index (χ0v) is 21.8. The lowest BCUT2D eigenvalue weighted by atomic mass is 10.1. The van der Waals surface area contributed by atoms with Crippen molar-refractivity contribution in [1.82, 2.24) is 9.80 Å². The number of rotatable bonds is 10.